The molecular formula is C8H11ClN2. The minimum absolute atomic E-state index is 0.701. The average Bonchev–Trinajstić information content (AvgIpc) is 2.48. The SMILES string of the molecule is N#CC1=CN(CCCCl)CC1. The van der Waals surface area contributed by atoms with Crippen molar-refractivity contribution < 1.29 is 0 Å². The summed E-state index contributed by atoms with van der Waals surface area (Å²) in [5, 5.41) is 8.54. The first-order chi connectivity index (χ1) is 5.36. The Balaban J connectivity index is 2.29. The van der Waals surface area contributed by atoms with Crippen molar-refractivity contribution in [2.75, 3.05) is 19.0 Å². The second kappa shape index (κ2) is 4.25. The van der Waals surface area contributed by atoms with Crippen LogP contribution < -0.4 is 0 Å². The van der Waals surface area contributed by atoms with Crippen molar-refractivity contribution >= 4 is 11.6 Å². The number of nitriles is 1. The molecule has 0 fully saturated rings. The van der Waals surface area contributed by atoms with Gasteiger partial charge in [0.25, 0.3) is 0 Å². The summed E-state index contributed by atoms with van der Waals surface area (Å²) in [4.78, 5) is 2.15. The molecule has 0 spiro atoms. The van der Waals surface area contributed by atoms with Crippen LogP contribution in [0.1, 0.15) is 12.8 Å². The second-order valence-corrected chi connectivity index (χ2v) is 2.97. The number of rotatable bonds is 3. The summed E-state index contributed by atoms with van der Waals surface area (Å²) in [7, 11) is 0. The fourth-order valence-electron chi connectivity index (χ4n) is 1.14. The van der Waals surface area contributed by atoms with Crippen molar-refractivity contribution in [3.05, 3.63) is 11.8 Å². The van der Waals surface area contributed by atoms with E-state index in [1.807, 2.05) is 6.20 Å². The summed E-state index contributed by atoms with van der Waals surface area (Å²) >= 11 is 5.54. The highest BCUT2D eigenvalue weighted by molar-refractivity contribution is 6.17. The minimum atomic E-state index is 0.701. The zero-order valence-corrected chi connectivity index (χ0v) is 7.14. The van der Waals surface area contributed by atoms with E-state index in [1.165, 1.54) is 0 Å². The van der Waals surface area contributed by atoms with Crippen molar-refractivity contribution in [1.29, 1.82) is 5.26 Å². The highest BCUT2D eigenvalue weighted by atomic mass is 35.5. The molecule has 1 heterocycles. The Kier molecular flexibility index (Phi) is 3.25. The van der Waals surface area contributed by atoms with Gasteiger partial charge in [-0.1, -0.05) is 0 Å². The van der Waals surface area contributed by atoms with E-state index in [-0.39, 0.29) is 0 Å². The lowest BCUT2D eigenvalue weighted by molar-refractivity contribution is 0.407. The van der Waals surface area contributed by atoms with Crippen LogP contribution in [0.3, 0.4) is 0 Å². The fraction of sp³-hybridized carbons (Fsp3) is 0.625. The molecule has 0 aliphatic carbocycles. The van der Waals surface area contributed by atoms with Gasteiger partial charge < -0.3 is 4.90 Å². The van der Waals surface area contributed by atoms with Crippen LogP contribution in [0.5, 0.6) is 0 Å². The Morgan fingerprint density at radius 1 is 1.73 bits per heavy atom. The van der Waals surface area contributed by atoms with Gasteiger partial charge >= 0.3 is 0 Å². The first kappa shape index (κ1) is 8.42. The zero-order chi connectivity index (χ0) is 8.10. The molecule has 0 aromatic heterocycles. The summed E-state index contributed by atoms with van der Waals surface area (Å²) in [5.41, 5.74) is 0.888. The van der Waals surface area contributed by atoms with Crippen LogP contribution in [0.2, 0.25) is 0 Å². The number of halogens is 1. The van der Waals surface area contributed by atoms with Crippen LogP contribution in [-0.4, -0.2) is 23.9 Å². The molecule has 3 heteroatoms. The maximum atomic E-state index is 8.54. The van der Waals surface area contributed by atoms with E-state index in [4.69, 9.17) is 16.9 Å². The number of nitrogens with zero attached hydrogens (tertiary/aromatic N) is 2. The molecular weight excluding hydrogens is 160 g/mol. The molecule has 1 aliphatic heterocycles. The van der Waals surface area contributed by atoms with E-state index in [2.05, 4.69) is 11.0 Å². The van der Waals surface area contributed by atoms with Crippen LogP contribution in [-0.2, 0) is 0 Å². The molecule has 1 aliphatic rings. The second-order valence-electron chi connectivity index (χ2n) is 2.59. The van der Waals surface area contributed by atoms with Crippen molar-refractivity contribution in [3.8, 4) is 6.07 Å². The first-order valence-electron chi connectivity index (χ1n) is 3.77. The van der Waals surface area contributed by atoms with Crippen molar-refractivity contribution in [2.24, 2.45) is 0 Å². The molecule has 0 amide bonds. The van der Waals surface area contributed by atoms with E-state index in [9.17, 15) is 0 Å². The number of hydrogen-bond acceptors (Lipinski definition) is 2. The number of hydrogen-bond donors (Lipinski definition) is 0. The molecule has 0 saturated heterocycles. The highest BCUT2D eigenvalue weighted by Gasteiger charge is 2.10. The Morgan fingerprint density at radius 3 is 3.09 bits per heavy atom. The van der Waals surface area contributed by atoms with Gasteiger partial charge in [0.1, 0.15) is 0 Å². The van der Waals surface area contributed by atoms with Gasteiger partial charge in [0.2, 0.25) is 0 Å². The lowest BCUT2D eigenvalue weighted by atomic mass is 10.3. The van der Waals surface area contributed by atoms with Crippen LogP contribution in [0.4, 0.5) is 0 Å². The first-order valence-corrected chi connectivity index (χ1v) is 4.31. The normalized spacial score (nSPS) is 16.4. The maximum absolute atomic E-state index is 8.54. The molecule has 0 unspecified atom stereocenters. The smallest absolute Gasteiger partial charge is 0.0963 e. The highest BCUT2D eigenvalue weighted by Crippen LogP contribution is 2.12. The molecule has 11 heavy (non-hydrogen) atoms. The predicted molar refractivity (Wildman–Crippen MR) is 45.2 cm³/mol. The van der Waals surface area contributed by atoms with Gasteiger partial charge in [-0.2, -0.15) is 5.26 Å². The molecule has 0 atom stereocenters. The molecule has 0 radical (unpaired) electrons. The maximum Gasteiger partial charge on any atom is 0.0963 e. The molecule has 0 aromatic rings. The third-order valence-electron chi connectivity index (χ3n) is 1.73. The van der Waals surface area contributed by atoms with Crippen LogP contribution in [0.15, 0.2) is 11.8 Å². The van der Waals surface area contributed by atoms with Gasteiger partial charge in [0, 0.05) is 37.2 Å². The van der Waals surface area contributed by atoms with Gasteiger partial charge in [0.05, 0.1) is 6.07 Å². The van der Waals surface area contributed by atoms with E-state index in [1.54, 1.807) is 0 Å². The summed E-state index contributed by atoms with van der Waals surface area (Å²) in [6.45, 7) is 1.97. The monoisotopic (exact) mass is 170 g/mol. The Bertz CT molecular complexity index is 193. The molecule has 0 N–H and O–H groups in total. The topological polar surface area (TPSA) is 27.0 Å². The molecule has 0 bridgehead atoms. The van der Waals surface area contributed by atoms with E-state index in [0.717, 1.165) is 31.5 Å². The summed E-state index contributed by atoms with van der Waals surface area (Å²) < 4.78 is 0. The molecule has 0 saturated carbocycles. The lowest BCUT2D eigenvalue weighted by Crippen LogP contribution is -2.15. The summed E-state index contributed by atoms with van der Waals surface area (Å²) in [6, 6.07) is 2.16. The van der Waals surface area contributed by atoms with Gasteiger partial charge in [-0.3, -0.25) is 0 Å². The van der Waals surface area contributed by atoms with E-state index >= 15 is 0 Å². The standard InChI is InChI=1S/C8H11ClN2/c9-3-1-4-11-5-2-8(6-10)7-11/h7H,1-5H2. The van der Waals surface area contributed by atoms with Crippen molar-refractivity contribution in [2.45, 2.75) is 12.8 Å². The van der Waals surface area contributed by atoms with Gasteiger partial charge in [-0.15, -0.1) is 11.6 Å². The predicted octanol–water partition coefficient (Wildman–Crippen LogP) is 1.73. The number of alkyl halides is 1. The van der Waals surface area contributed by atoms with Gasteiger partial charge in [-0.25, -0.2) is 0 Å². The largest absolute Gasteiger partial charge is 0.376 e. The zero-order valence-electron chi connectivity index (χ0n) is 6.39. The molecule has 60 valence electrons. The fourth-order valence-corrected chi connectivity index (χ4v) is 1.26. The lowest BCUT2D eigenvalue weighted by Gasteiger charge is -2.12. The van der Waals surface area contributed by atoms with Crippen LogP contribution >= 0.6 is 11.6 Å². The molecule has 1 rings (SSSR count). The quantitative estimate of drug-likeness (QED) is 0.604. The minimum Gasteiger partial charge on any atom is -0.376 e. The van der Waals surface area contributed by atoms with Crippen molar-refractivity contribution in [3.63, 3.8) is 0 Å². The Labute approximate surface area is 72.1 Å². The average molecular weight is 171 g/mol. The van der Waals surface area contributed by atoms with Gasteiger partial charge in [0.15, 0.2) is 0 Å². The van der Waals surface area contributed by atoms with Crippen LogP contribution in [0.25, 0.3) is 0 Å². The Morgan fingerprint density at radius 2 is 2.55 bits per heavy atom. The molecule has 2 nitrogen and oxygen atoms in total. The van der Waals surface area contributed by atoms with Gasteiger partial charge in [-0.05, 0) is 6.42 Å². The summed E-state index contributed by atoms with van der Waals surface area (Å²) in [6.07, 6.45) is 3.84. The third-order valence-corrected chi connectivity index (χ3v) is 2.00. The van der Waals surface area contributed by atoms with E-state index in [0.29, 0.717) is 5.88 Å². The molecule has 0 aromatic carbocycles. The van der Waals surface area contributed by atoms with Crippen molar-refractivity contribution in [1.82, 2.24) is 4.90 Å². The third kappa shape index (κ3) is 2.44. The van der Waals surface area contributed by atoms with Crippen LogP contribution in [0, 0.1) is 11.3 Å². The Hall–Kier alpha value is -0.680. The van der Waals surface area contributed by atoms with E-state index < -0.39 is 0 Å². The summed E-state index contributed by atoms with van der Waals surface area (Å²) in [5.74, 6) is 0.701.